The number of nitrogens with zero attached hydrogens (tertiary/aromatic N) is 1. The summed E-state index contributed by atoms with van der Waals surface area (Å²) in [6.45, 7) is 7.94. The zero-order valence-electron chi connectivity index (χ0n) is 8.13. The largest absolute Gasteiger partial charge is 0.341 e. The van der Waals surface area contributed by atoms with Crippen molar-refractivity contribution >= 4 is 5.91 Å². The summed E-state index contributed by atoms with van der Waals surface area (Å²) in [4.78, 5) is 13.2. The molecule has 3 heteroatoms. The fourth-order valence-corrected chi connectivity index (χ4v) is 1.53. The van der Waals surface area contributed by atoms with E-state index in [1.165, 1.54) is 0 Å². The Hall–Kier alpha value is -0.570. The molecule has 2 N–H and O–H groups in total. The van der Waals surface area contributed by atoms with Gasteiger partial charge in [-0.2, -0.15) is 0 Å². The number of carbonyl (C=O) groups excluding carboxylic acids is 1. The molecule has 12 heavy (non-hydrogen) atoms. The number of hydrogen-bond donors (Lipinski definition) is 1. The van der Waals surface area contributed by atoms with Crippen molar-refractivity contribution in [2.24, 2.45) is 11.1 Å². The highest BCUT2D eigenvalue weighted by atomic mass is 16.2. The van der Waals surface area contributed by atoms with Crippen LogP contribution in [0.4, 0.5) is 0 Å². The van der Waals surface area contributed by atoms with E-state index in [1.807, 2.05) is 4.90 Å². The summed E-state index contributed by atoms with van der Waals surface area (Å²) in [6.07, 6.45) is 0.524. The highest BCUT2D eigenvalue weighted by molar-refractivity contribution is 5.79. The van der Waals surface area contributed by atoms with Crippen LogP contribution in [0.1, 0.15) is 27.2 Å². The van der Waals surface area contributed by atoms with Gasteiger partial charge >= 0.3 is 0 Å². The van der Waals surface area contributed by atoms with Crippen molar-refractivity contribution in [3.63, 3.8) is 0 Å². The number of carbonyl (C=O) groups is 1. The molecule has 3 nitrogen and oxygen atoms in total. The molecule has 1 atom stereocenters. The Morgan fingerprint density at radius 1 is 1.58 bits per heavy atom. The smallest absolute Gasteiger partial charge is 0.224 e. The van der Waals surface area contributed by atoms with E-state index in [1.54, 1.807) is 0 Å². The molecule has 0 bridgehead atoms. The monoisotopic (exact) mass is 170 g/mol. The first-order chi connectivity index (χ1) is 5.38. The Labute approximate surface area is 73.9 Å². The Kier molecular flexibility index (Phi) is 2.42. The molecule has 1 aliphatic rings. The summed E-state index contributed by atoms with van der Waals surface area (Å²) in [7, 11) is 0. The van der Waals surface area contributed by atoms with Crippen molar-refractivity contribution in [3.05, 3.63) is 0 Å². The summed E-state index contributed by atoms with van der Waals surface area (Å²) in [6, 6.07) is 0.0554. The van der Waals surface area contributed by atoms with E-state index in [2.05, 4.69) is 20.8 Å². The Morgan fingerprint density at radius 3 is 2.50 bits per heavy atom. The molecule has 1 rings (SSSR count). The van der Waals surface area contributed by atoms with Gasteiger partial charge in [0, 0.05) is 25.6 Å². The maximum atomic E-state index is 11.3. The molecule has 0 aromatic carbocycles. The fraction of sp³-hybridized carbons (Fsp3) is 0.889. The van der Waals surface area contributed by atoms with Gasteiger partial charge in [0.25, 0.3) is 0 Å². The van der Waals surface area contributed by atoms with Crippen LogP contribution in [0.5, 0.6) is 0 Å². The van der Waals surface area contributed by atoms with E-state index >= 15 is 0 Å². The standard InChI is InChI=1S/C9H18N2O/c1-9(2,3)6-11-5-7(10)4-8(11)12/h7H,4-6,10H2,1-3H3/t7-/m1/s1. The maximum absolute atomic E-state index is 11.3. The second-order valence-corrected chi connectivity index (χ2v) is 4.80. The van der Waals surface area contributed by atoms with Crippen LogP contribution in [-0.4, -0.2) is 29.9 Å². The number of hydrogen-bond acceptors (Lipinski definition) is 2. The topological polar surface area (TPSA) is 46.3 Å². The molecular formula is C9H18N2O. The van der Waals surface area contributed by atoms with Gasteiger partial charge in [0.1, 0.15) is 0 Å². The SMILES string of the molecule is CC(C)(C)CN1C[C@H](N)CC1=O. The minimum atomic E-state index is 0.0554. The lowest BCUT2D eigenvalue weighted by Gasteiger charge is -2.26. The number of rotatable bonds is 1. The maximum Gasteiger partial charge on any atom is 0.224 e. The summed E-state index contributed by atoms with van der Waals surface area (Å²) in [5, 5.41) is 0. The number of likely N-dealkylation sites (tertiary alicyclic amines) is 1. The quantitative estimate of drug-likeness (QED) is 0.626. The van der Waals surface area contributed by atoms with Gasteiger partial charge in [-0.1, -0.05) is 20.8 Å². The van der Waals surface area contributed by atoms with Crippen LogP contribution in [0.25, 0.3) is 0 Å². The van der Waals surface area contributed by atoms with Gasteiger partial charge in [-0.05, 0) is 5.41 Å². The van der Waals surface area contributed by atoms with E-state index in [4.69, 9.17) is 5.73 Å². The van der Waals surface area contributed by atoms with Gasteiger partial charge in [0.15, 0.2) is 0 Å². The van der Waals surface area contributed by atoms with Crippen molar-refractivity contribution < 1.29 is 4.79 Å². The number of amides is 1. The van der Waals surface area contributed by atoms with Crippen LogP contribution in [0.15, 0.2) is 0 Å². The lowest BCUT2D eigenvalue weighted by atomic mass is 9.96. The van der Waals surface area contributed by atoms with Crippen LogP contribution >= 0.6 is 0 Å². The third kappa shape index (κ3) is 2.48. The first-order valence-corrected chi connectivity index (χ1v) is 4.42. The minimum Gasteiger partial charge on any atom is -0.341 e. The molecule has 0 aromatic heterocycles. The van der Waals surface area contributed by atoms with Crippen molar-refractivity contribution in [1.82, 2.24) is 4.90 Å². The van der Waals surface area contributed by atoms with Crippen molar-refractivity contribution in [1.29, 1.82) is 0 Å². The molecule has 0 aromatic rings. The molecule has 1 fully saturated rings. The molecule has 0 saturated carbocycles. The molecule has 1 saturated heterocycles. The Morgan fingerprint density at radius 2 is 2.17 bits per heavy atom. The van der Waals surface area contributed by atoms with Gasteiger partial charge < -0.3 is 10.6 Å². The summed E-state index contributed by atoms with van der Waals surface area (Å²) in [5.41, 5.74) is 5.85. The van der Waals surface area contributed by atoms with Crippen LogP contribution in [0.3, 0.4) is 0 Å². The molecule has 0 aliphatic carbocycles. The average Bonchev–Trinajstić information content (AvgIpc) is 2.06. The van der Waals surface area contributed by atoms with Crippen molar-refractivity contribution in [3.8, 4) is 0 Å². The van der Waals surface area contributed by atoms with E-state index in [9.17, 15) is 4.79 Å². The zero-order valence-corrected chi connectivity index (χ0v) is 8.13. The Bertz CT molecular complexity index is 183. The van der Waals surface area contributed by atoms with Crippen LogP contribution in [0.2, 0.25) is 0 Å². The molecule has 1 heterocycles. The molecule has 1 amide bonds. The molecule has 0 spiro atoms. The molecule has 0 radical (unpaired) electrons. The van der Waals surface area contributed by atoms with E-state index in [0.29, 0.717) is 6.42 Å². The van der Waals surface area contributed by atoms with Crippen LogP contribution < -0.4 is 5.73 Å². The summed E-state index contributed by atoms with van der Waals surface area (Å²) < 4.78 is 0. The third-order valence-corrected chi connectivity index (χ3v) is 1.91. The average molecular weight is 170 g/mol. The van der Waals surface area contributed by atoms with Gasteiger partial charge in [-0.15, -0.1) is 0 Å². The zero-order chi connectivity index (χ0) is 9.35. The Balaban J connectivity index is 2.49. The second kappa shape index (κ2) is 3.05. The van der Waals surface area contributed by atoms with Crippen LogP contribution in [0, 0.1) is 5.41 Å². The van der Waals surface area contributed by atoms with Crippen LogP contribution in [-0.2, 0) is 4.79 Å². The third-order valence-electron chi connectivity index (χ3n) is 1.91. The highest BCUT2D eigenvalue weighted by Crippen LogP contribution is 2.19. The van der Waals surface area contributed by atoms with E-state index < -0.39 is 0 Å². The van der Waals surface area contributed by atoms with Crippen molar-refractivity contribution in [2.45, 2.75) is 33.2 Å². The molecular weight excluding hydrogens is 152 g/mol. The highest BCUT2D eigenvalue weighted by Gasteiger charge is 2.29. The van der Waals surface area contributed by atoms with Crippen molar-refractivity contribution in [2.75, 3.05) is 13.1 Å². The molecule has 1 aliphatic heterocycles. The van der Waals surface area contributed by atoms with Gasteiger partial charge in [0.2, 0.25) is 5.91 Å². The van der Waals surface area contributed by atoms with E-state index in [-0.39, 0.29) is 17.4 Å². The predicted octanol–water partition coefficient (Wildman–Crippen LogP) is 0.592. The molecule has 0 unspecified atom stereocenters. The van der Waals surface area contributed by atoms with Gasteiger partial charge in [0.05, 0.1) is 0 Å². The second-order valence-electron chi connectivity index (χ2n) is 4.80. The lowest BCUT2D eigenvalue weighted by molar-refractivity contribution is -0.128. The van der Waals surface area contributed by atoms with E-state index in [0.717, 1.165) is 13.1 Å². The predicted molar refractivity (Wildman–Crippen MR) is 48.6 cm³/mol. The number of nitrogens with two attached hydrogens (primary N) is 1. The fourth-order valence-electron chi connectivity index (χ4n) is 1.53. The summed E-state index contributed by atoms with van der Waals surface area (Å²) in [5.74, 6) is 0.206. The van der Waals surface area contributed by atoms with Gasteiger partial charge in [-0.3, -0.25) is 4.79 Å². The lowest BCUT2D eigenvalue weighted by Crippen LogP contribution is -2.35. The first-order valence-electron chi connectivity index (χ1n) is 4.42. The normalized spacial score (nSPS) is 25.2. The van der Waals surface area contributed by atoms with Gasteiger partial charge in [-0.25, -0.2) is 0 Å². The first kappa shape index (κ1) is 9.52. The molecule has 70 valence electrons. The minimum absolute atomic E-state index is 0.0554. The summed E-state index contributed by atoms with van der Waals surface area (Å²) >= 11 is 0.